The molecular formula is C18H16N6O3. The second-order valence-electron chi connectivity index (χ2n) is 5.94. The van der Waals surface area contributed by atoms with Crippen molar-refractivity contribution in [2.24, 2.45) is 5.18 Å². The summed E-state index contributed by atoms with van der Waals surface area (Å²) in [4.78, 5) is 33.6. The molecule has 4 rings (SSSR count). The molecule has 0 aromatic carbocycles. The second-order valence-corrected chi connectivity index (χ2v) is 5.94. The Morgan fingerprint density at radius 3 is 2.67 bits per heavy atom. The van der Waals surface area contributed by atoms with Crippen LogP contribution in [-0.4, -0.2) is 56.9 Å². The highest BCUT2D eigenvalue weighted by atomic mass is 16.5. The molecule has 1 saturated heterocycles. The highest BCUT2D eigenvalue weighted by Crippen LogP contribution is 2.24. The van der Waals surface area contributed by atoms with Crippen LogP contribution in [0, 0.1) is 4.91 Å². The Balaban J connectivity index is 1.77. The van der Waals surface area contributed by atoms with Gasteiger partial charge in [0.2, 0.25) is 0 Å². The lowest BCUT2D eigenvalue weighted by Crippen LogP contribution is -2.40. The summed E-state index contributed by atoms with van der Waals surface area (Å²) in [5.74, 6) is -0.159. The van der Waals surface area contributed by atoms with E-state index in [-0.39, 0.29) is 11.6 Å². The van der Waals surface area contributed by atoms with E-state index in [9.17, 15) is 9.70 Å². The average molecular weight is 364 g/mol. The molecule has 0 N–H and O–H groups in total. The van der Waals surface area contributed by atoms with Crippen molar-refractivity contribution in [3.05, 3.63) is 59.5 Å². The van der Waals surface area contributed by atoms with E-state index >= 15 is 0 Å². The molecule has 9 heteroatoms. The SMILES string of the molecule is O=Nc1ccc(-c2cc(C(=O)N3CCOCC3)nn2-c2cccnc2)nc1. The van der Waals surface area contributed by atoms with Crippen LogP contribution in [0.1, 0.15) is 10.5 Å². The molecule has 0 unspecified atom stereocenters. The van der Waals surface area contributed by atoms with E-state index in [1.54, 1.807) is 46.2 Å². The summed E-state index contributed by atoms with van der Waals surface area (Å²) in [5, 5.41) is 7.36. The summed E-state index contributed by atoms with van der Waals surface area (Å²) in [6.07, 6.45) is 4.70. The zero-order chi connectivity index (χ0) is 18.6. The van der Waals surface area contributed by atoms with E-state index in [4.69, 9.17) is 4.74 Å². The number of carbonyl (C=O) groups is 1. The number of carbonyl (C=O) groups excluding carboxylic acids is 1. The van der Waals surface area contributed by atoms with Gasteiger partial charge in [0.1, 0.15) is 5.69 Å². The fourth-order valence-electron chi connectivity index (χ4n) is 2.86. The highest BCUT2D eigenvalue weighted by Gasteiger charge is 2.23. The normalized spacial score (nSPS) is 14.1. The summed E-state index contributed by atoms with van der Waals surface area (Å²) >= 11 is 0. The Kier molecular flexibility index (Phi) is 4.67. The average Bonchev–Trinajstić information content (AvgIpc) is 3.20. The van der Waals surface area contributed by atoms with E-state index in [0.717, 1.165) is 0 Å². The number of ether oxygens (including phenoxy) is 1. The number of morpholine rings is 1. The molecule has 0 aliphatic carbocycles. The summed E-state index contributed by atoms with van der Waals surface area (Å²) in [5.41, 5.74) is 2.44. The van der Waals surface area contributed by atoms with Gasteiger partial charge in [-0.3, -0.25) is 14.8 Å². The van der Waals surface area contributed by atoms with Gasteiger partial charge in [-0.25, -0.2) is 4.68 Å². The molecule has 9 nitrogen and oxygen atoms in total. The van der Waals surface area contributed by atoms with Crippen LogP contribution in [0.4, 0.5) is 5.69 Å². The van der Waals surface area contributed by atoms with Crippen molar-refractivity contribution in [2.45, 2.75) is 0 Å². The van der Waals surface area contributed by atoms with E-state index in [1.165, 1.54) is 6.20 Å². The summed E-state index contributed by atoms with van der Waals surface area (Å²) in [7, 11) is 0. The molecular weight excluding hydrogens is 348 g/mol. The minimum absolute atomic E-state index is 0.159. The fraction of sp³-hybridized carbons (Fsp3) is 0.222. The van der Waals surface area contributed by atoms with Crippen LogP contribution in [0.2, 0.25) is 0 Å². The number of nitrogens with zero attached hydrogens (tertiary/aromatic N) is 6. The third-order valence-corrected chi connectivity index (χ3v) is 4.23. The molecule has 1 fully saturated rings. The highest BCUT2D eigenvalue weighted by molar-refractivity contribution is 5.93. The van der Waals surface area contributed by atoms with Crippen molar-refractivity contribution in [1.82, 2.24) is 24.6 Å². The van der Waals surface area contributed by atoms with Crippen LogP contribution < -0.4 is 0 Å². The molecule has 4 heterocycles. The minimum Gasteiger partial charge on any atom is -0.378 e. The molecule has 3 aromatic heterocycles. The lowest BCUT2D eigenvalue weighted by molar-refractivity contribution is 0.0298. The van der Waals surface area contributed by atoms with E-state index in [2.05, 4.69) is 20.2 Å². The molecule has 136 valence electrons. The van der Waals surface area contributed by atoms with E-state index in [1.807, 2.05) is 6.07 Å². The zero-order valence-electron chi connectivity index (χ0n) is 14.4. The second kappa shape index (κ2) is 7.42. The minimum atomic E-state index is -0.159. The Morgan fingerprint density at radius 1 is 1.15 bits per heavy atom. The predicted molar refractivity (Wildman–Crippen MR) is 96.8 cm³/mol. The molecule has 1 aliphatic heterocycles. The number of rotatable bonds is 4. The Labute approximate surface area is 154 Å². The monoisotopic (exact) mass is 364 g/mol. The Bertz CT molecular complexity index is 949. The first-order chi connectivity index (χ1) is 13.3. The van der Waals surface area contributed by atoms with E-state index < -0.39 is 0 Å². The van der Waals surface area contributed by atoms with Gasteiger partial charge in [-0.15, -0.1) is 4.91 Å². The molecule has 0 radical (unpaired) electrons. The Morgan fingerprint density at radius 2 is 2.00 bits per heavy atom. The largest absolute Gasteiger partial charge is 0.378 e. The Hall–Kier alpha value is -3.46. The number of hydrogen-bond acceptors (Lipinski definition) is 7. The first kappa shape index (κ1) is 17.0. The standard InChI is InChI=1S/C18H16N6O3/c25-18(23-6-8-27-9-7-23)16-10-17(15-4-3-13(22-26)11-20-15)24(21-16)14-2-1-5-19-12-14/h1-5,10-12H,6-9H2. The van der Waals surface area contributed by atoms with Crippen LogP contribution in [0.5, 0.6) is 0 Å². The van der Waals surface area contributed by atoms with Gasteiger partial charge in [0, 0.05) is 19.3 Å². The van der Waals surface area contributed by atoms with Gasteiger partial charge in [0.25, 0.3) is 5.91 Å². The van der Waals surface area contributed by atoms with Crippen molar-refractivity contribution in [3.63, 3.8) is 0 Å². The number of pyridine rings is 2. The molecule has 0 spiro atoms. The first-order valence-corrected chi connectivity index (χ1v) is 8.43. The summed E-state index contributed by atoms with van der Waals surface area (Å²) in [6, 6.07) is 8.56. The molecule has 27 heavy (non-hydrogen) atoms. The predicted octanol–water partition coefficient (Wildman–Crippen LogP) is 2.20. The number of nitroso groups, excluding NO2 is 1. The number of amides is 1. The van der Waals surface area contributed by atoms with Gasteiger partial charge in [-0.2, -0.15) is 5.10 Å². The van der Waals surface area contributed by atoms with Crippen molar-refractivity contribution >= 4 is 11.6 Å². The molecule has 0 saturated carbocycles. The van der Waals surface area contributed by atoms with Crippen molar-refractivity contribution < 1.29 is 9.53 Å². The van der Waals surface area contributed by atoms with Crippen molar-refractivity contribution in [3.8, 4) is 17.1 Å². The van der Waals surface area contributed by atoms with Gasteiger partial charge in [-0.05, 0) is 35.5 Å². The van der Waals surface area contributed by atoms with Gasteiger partial charge < -0.3 is 9.64 Å². The maximum Gasteiger partial charge on any atom is 0.274 e. The summed E-state index contributed by atoms with van der Waals surface area (Å²) in [6.45, 7) is 2.10. The summed E-state index contributed by atoms with van der Waals surface area (Å²) < 4.78 is 6.93. The van der Waals surface area contributed by atoms with Crippen LogP contribution in [0.25, 0.3) is 17.1 Å². The lowest BCUT2D eigenvalue weighted by atomic mass is 10.2. The van der Waals surface area contributed by atoms with Crippen LogP contribution >= 0.6 is 0 Å². The molecule has 3 aromatic rings. The fourth-order valence-corrected chi connectivity index (χ4v) is 2.86. The quantitative estimate of drug-likeness (QED) is 0.658. The van der Waals surface area contributed by atoms with Gasteiger partial charge >= 0.3 is 0 Å². The third kappa shape index (κ3) is 3.44. The topological polar surface area (TPSA) is 103 Å². The molecule has 1 amide bonds. The van der Waals surface area contributed by atoms with Crippen LogP contribution in [0.15, 0.2) is 54.1 Å². The number of hydrogen-bond donors (Lipinski definition) is 0. The van der Waals surface area contributed by atoms with Gasteiger partial charge in [-0.1, -0.05) is 0 Å². The maximum absolute atomic E-state index is 12.8. The van der Waals surface area contributed by atoms with Crippen molar-refractivity contribution in [2.75, 3.05) is 26.3 Å². The molecule has 0 atom stereocenters. The van der Waals surface area contributed by atoms with E-state index in [0.29, 0.717) is 49.1 Å². The molecule has 1 aliphatic rings. The van der Waals surface area contributed by atoms with Crippen LogP contribution in [-0.2, 0) is 4.74 Å². The van der Waals surface area contributed by atoms with Gasteiger partial charge in [0.15, 0.2) is 5.69 Å². The zero-order valence-corrected chi connectivity index (χ0v) is 14.4. The third-order valence-electron chi connectivity index (χ3n) is 4.23. The lowest BCUT2D eigenvalue weighted by Gasteiger charge is -2.25. The van der Waals surface area contributed by atoms with Crippen LogP contribution in [0.3, 0.4) is 0 Å². The smallest absolute Gasteiger partial charge is 0.274 e. The number of aromatic nitrogens is 4. The first-order valence-electron chi connectivity index (χ1n) is 8.43. The van der Waals surface area contributed by atoms with Gasteiger partial charge in [0.05, 0.1) is 42.7 Å². The maximum atomic E-state index is 12.8. The molecule has 0 bridgehead atoms. The van der Waals surface area contributed by atoms with Crippen molar-refractivity contribution in [1.29, 1.82) is 0 Å².